The summed E-state index contributed by atoms with van der Waals surface area (Å²) in [6, 6.07) is 11.0. The highest BCUT2D eigenvalue weighted by Gasteiger charge is 2.29. The lowest BCUT2D eigenvalue weighted by atomic mass is 10.1. The monoisotopic (exact) mass is 271 g/mol. The highest BCUT2D eigenvalue weighted by Crippen LogP contribution is 2.30. The Balaban J connectivity index is 1.92. The highest BCUT2D eigenvalue weighted by molar-refractivity contribution is 5.81. The lowest BCUT2D eigenvalue weighted by Gasteiger charge is -2.22. The van der Waals surface area contributed by atoms with E-state index < -0.39 is 0 Å². The number of fused-ring (bicyclic) bond motifs is 1. The summed E-state index contributed by atoms with van der Waals surface area (Å²) in [6.07, 6.45) is 2.49. The van der Waals surface area contributed by atoms with E-state index in [-0.39, 0.29) is 6.61 Å². The van der Waals surface area contributed by atoms with Crippen LogP contribution in [-0.4, -0.2) is 41.2 Å². The van der Waals surface area contributed by atoms with E-state index in [9.17, 15) is 5.11 Å². The van der Waals surface area contributed by atoms with Crippen LogP contribution in [0.15, 0.2) is 30.3 Å². The van der Waals surface area contributed by atoms with Gasteiger partial charge in [0.15, 0.2) is 0 Å². The van der Waals surface area contributed by atoms with E-state index in [0.29, 0.717) is 6.04 Å². The molecule has 1 aliphatic rings. The van der Waals surface area contributed by atoms with Crippen molar-refractivity contribution in [2.45, 2.75) is 25.4 Å². The fraction of sp³-hybridized carbons (Fsp3) is 0.438. The van der Waals surface area contributed by atoms with E-state index in [1.54, 1.807) is 0 Å². The van der Waals surface area contributed by atoms with Gasteiger partial charge in [-0.1, -0.05) is 18.2 Å². The second kappa shape index (κ2) is 5.77. The number of anilines is 1. The summed E-state index contributed by atoms with van der Waals surface area (Å²) >= 11 is 0. The van der Waals surface area contributed by atoms with E-state index in [4.69, 9.17) is 0 Å². The Bertz CT molecular complexity index is 595. The quantitative estimate of drug-likeness (QED) is 0.846. The maximum Gasteiger partial charge on any atom is 0.130 e. The second-order valence-corrected chi connectivity index (χ2v) is 5.36. The summed E-state index contributed by atoms with van der Waals surface area (Å²) in [6.45, 7) is 1.80. The first-order chi connectivity index (χ1) is 9.81. The number of rotatable bonds is 6. The standard InChI is InChI=1S/C16H21N3O/c1-17-16-13(11-19(8-9-20)14-6-7-14)10-12-4-2-3-5-15(12)18-16/h2-5,10,14,20H,6-9,11H2,1H3,(H,17,18). The van der Waals surface area contributed by atoms with Gasteiger partial charge in [0.05, 0.1) is 12.1 Å². The third kappa shape index (κ3) is 2.76. The number of hydrogen-bond acceptors (Lipinski definition) is 4. The average molecular weight is 271 g/mol. The van der Waals surface area contributed by atoms with Crippen molar-refractivity contribution >= 4 is 16.7 Å². The molecule has 0 radical (unpaired) electrons. The third-order valence-electron chi connectivity index (χ3n) is 3.86. The van der Waals surface area contributed by atoms with E-state index in [1.165, 1.54) is 23.8 Å². The number of aliphatic hydroxyl groups excluding tert-OH is 1. The lowest BCUT2D eigenvalue weighted by Crippen LogP contribution is -2.29. The van der Waals surface area contributed by atoms with Crippen molar-refractivity contribution in [3.8, 4) is 0 Å². The van der Waals surface area contributed by atoms with Crippen molar-refractivity contribution in [3.63, 3.8) is 0 Å². The maximum atomic E-state index is 9.22. The molecule has 4 nitrogen and oxygen atoms in total. The number of aromatic nitrogens is 1. The number of nitrogens with one attached hydrogen (secondary N) is 1. The summed E-state index contributed by atoms with van der Waals surface area (Å²) in [7, 11) is 1.91. The van der Waals surface area contributed by atoms with Crippen LogP contribution in [0.1, 0.15) is 18.4 Å². The molecule has 0 atom stereocenters. The van der Waals surface area contributed by atoms with Gasteiger partial charge in [-0.3, -0.25) is 4.90 Å². The van der Waals surface area contributed by atoms with Crippen molar-refractivity contribution in [3.05, 3.63) is 35.9 Å². The number of pyridine rings is 1. The Kier molecular flexibility index (Phi) is 3.85. The molecule has 1 fully saturated rings. The summed E-state index contributed by atoms with van der Waals surface area (Å²) in [5.41, 5.74) is 2.22. The Morgan fingerprint density at radius 2 is 2.15 bits per heavy atom. The molecule has 1 saturated carbocycles. The predicted molar refractivity (Wildman–Crippen MR) is 81.8 cm³/mol. The summed E-state index contributed by atoms with van der Waals surface area (Å²) < 4.78 is 0. The van der Waals surface area contributed by atoms with Crippen LogP contribution in [0.5, 0.6) is 0 Å². The van der Waals surface area contributed by atoms with Crippen LogP contribution in [-0.2, 0) is 6.54 Å². The van der Waals surface area contributed by atoms with Crippen LogP contribution in [0.3, 0.4) is 0 Å². The van der Waals surface area contributed by atoms with Gasteiger partial charge in [0.25, 0.3) is 0 Å². The molecule has 1 heterocycles. The molecular formula is C16H21N3O. The van der Waals surface area contributed by atoms with Gasteiger partial charge in [0, 0.05) is 37.1 Å². The van der Waals surface area contributed by atoms with Crippen molar-refractivity contribution < 1.29 is 5.11 Å². The number of hydrogen-bond donors (Lipinski definition) is 2. The zero-order valence-electron chi connectivity index (χ0n) is 11.8. The lowest BCUT2D eigenvalue weighted by molar-refractivity contribution is 0.183. The predicted octanol–water partition coefficient (Wildman–Crippen LogP) is 2.23. The van der Waals surface area contributed by atoms with Crippen LogP contribution in [0, 0.1) is 0 Å². The molecule has 0 spiro atoms. The third-order valence-corrected chi connectivity index (χ3v) is 3.86. The Hall–Kier alpha value is -1.65. The molecule has 1 aromatic carbocycles. The smallest absolute Gasteiger partial charge is 0.130 e. The first kappa shape index (κ1) is 13.3. The SMILES string of the molecule is CNc1nc2ccccc2cc1CN(CCO)C1CC1. The van der Waals surface area contributed by atoms with Gasteiger partial charge in [-0.15, -0.1) is 0 Å². The molecule has 0 unspecified atom stereocenters. The molecule has 0 amide bonds. The molecular weight excluding hydrogens is 250 g/mol. The average Bonchev–Trinajstić information content (AvgIpc) is 3.30. The minimum Gasteiger partial charge on any atom is -0.395 e. The summed E-state index contributed by atoms with van der Waals surface area (Å²) in [5, 5.41) is 13.6. The number of para-hydroxylation sites is 1. The minimum atomic E-state index is 0.215. The molecule has 0 aliphatic heterocycles. The van der Waals surface area contributed by atoms with Crippen molar-refractivity contribution in [1.82, 2.24) is 9.88 Å². The van der Waals surface area contributed by atoms with Gasteiger partial charge in [-0.25, -0.2) is 4.98 Å². The first-order valence-corrected chi connectivity index (χ1v) is 7.23. The van der Waals surface area contributed by atoms with E-state index >= 15 is 0 Å². The topological polar surface area (TPSA) is 48.4 Å². The van der Waals surface area contributed by atoms with Crippen LogP contribution < -0.4 is 5.32 Å². The van der Waals surface area contributed by atoms with Gasteiger partial charge >= 0.3 is 0 Å². The minimum absolute atomic E-state index is 0.215. The largest absolute Gasteiger partial charge is 0.395 e. The fourth-order valence-electron chi connectivity index (χ4n) is 2.67. The molecule has 0 saturated heterocycles. The van der Waals surface area contributed by atoms with Gasteiger partial charge in [0.1, 0.15) is 5.82 Å². The van der Waals surface area contributed by atoms with Crippen molar-refractivity contribution in [1.29, 1.82) is 0 Å². The van der Waals surface area contributed by atoms with Gasteiger partial charge in [-0.2, -0.15) is 0 Å². The van der Waals surface area contributed by atoms with Crippen molar-refractivity contribution in [2.75, 3.05) is 25.5 Å². The summed E-state index contributed by atoms with van der Waals surface area (Å²) in [4.78, 5) is 7.04. The molecule has 0 bridgehead atoms. The molecule has 3 rings (SSSR count). The first-order valence-electron chi connectivity index (χ1n) is 7.23. The van der Waals surface area contributed by atoms with Crippen LogP contribution in [0.4, 0.5) is 5.82 Å². The van der Waals surface area contributed by atoms with Gasteiger partial charge < -0.3 is 10.4 Å². The Morgan fingerprint density at radius 3 is 2.85 bits per heavy atom. The molecule has 106 valence electrons. The fourth-order valence-corrected chi connectivity index (χ4v) is 2.67. The Morgan fingerprint density at radius 1 is 1.35 bits per heavy atom. The van der Waals surface area contributed by atoms with E-state index in [1.807, 2.05) is 25.2 Å². The molecule has 2 aromatic rings. The maximum absolute atomic E-state index is 9.22. The molecule has 2 N–H and O–H groups in total. The Labute approximate surface area is 119 Å². The zero-order chi connectivity index (χ0) is 13.9. The van der Waals surface area contributed by atoms with Crippen LogP contribution in [0.25, 0.3) is 10.9 Å². The number of benzene rings is 1. The van der Waals surface area contributed by atoms with Gasteiger partial charge in [0.2, 0.25) is 0 Å². The van der Waals surface area contributed by atoms with Crippen molar-refractivity contribution in [2.24, 2.45) is 0 Å². The molecule has 4 heteroatoms. The zero-order valence-corrected chi connectivity index (χ0v) is 11.8. The molecule has 20 heavy (non-hydrogen) atoms. The molecule has 1 aliphatic carbocycles. The summed E-state index contributed by atoms with van der Waals surface area (Å²) in [5.74, 6) is 0.937. The van der Waals surface area contributed by atoms with Gasteiger partial charge in [-0.05, 0) is 25.0 Å². The van der Waals surface area contributed by atoms with E-state index in [2.05, 4.69) is 27.3 Å². The van der Waals surface area contributed by atoms with Crippen LogP contribution >= 0.6 is 0 Å². The normalized spacial score (nSPS) is 14.9. The highest BCUT2D eigenvalue weighted by atomic mass is 16.3. The second-order valence-electron chi connectivity index (χ2n) is 5.36. The van der Waals surface area contributed by atoms with E-state index in [0.717, 1.165) is 24.4 Å². The number of nitrogens with zero attached hydrogens (tertiary/aromatic N) is 2. The van der Waals surface area contributed by atoms with Crippen LogP contribution in [0.2, 0.25) is 0 Å². The molecule has 1 aromatic heterocycles. The number of aliphatic hydroxyl groups is 1.